The number of halogens is 1. The second kappa shape index (κ2) is 6.94. The highest BCUT2D eigenvalue weighted by molar-refractivity contribution is 8.02. The van der Waals surface area contributed by atoms with Gasteiger partial charge in [-0.05, 0) is 30.3 Å². The van der Waals surface area contributed by atoms with Gasteiger partial charge in [-0.2, -0.15) is 0 Å². The minimum absolute atomic E-state index is 0.0284. The Morgan fingerprint density at radius 3 is 2.92 bits per heavy atom. The van der Waals surface area contributed by atoms with E-state index in [1.165, 1.54) is 35.2 Å². The molecule has 3 aromatic rings. The molecular formula is C18H13FN2O2S3. The van der Waals surface area contributed by atoms with Gasteiger partial charge in [0, 0.05) is 4.90 Å². The molecule has 1 N–H and O–H groups in total. The van der Waals surface area contributed by atoms with Gasteiger partial charge in [-0.1, -0.05) is 24.4 Å². The Morgan fingerprint density at radius 2 is 2.12 bits per heavy atom. The van der Waals surface area contributed by atoms with Crippen LogP contribution in [0.2, 0.25) is 0 Å². The quantitative estimate of drug-likeness (QED) is 0.635. The second-order valence-corrected chi connectivity index (χ2v) is 8.59. The molecule has 0 amide bonds. The Labute approximate surface area is 162 Å². The van der Waals surface area contributed by atoms with Crippen LogP contribution in [0.25, 0.3) is 10.2 Å². The SMILES string of the molecule is O=C(O)CC1Sc2ccccc2N(Cc2nc3ccc(F)cc3s2)C1=S. The predicted molar refractivity (Wildman–Crippen MR) is 107 cm³/mol. The molecule has 2 aromatic carbocycles. The fraction of sp³-hybridized carbons (Fsp3) is 0.167. The van der Waals surface area contributed by atoms with E-state index in [-0.39, 0.29) is 17.5 Å². The first-order valence-corrected chi connectivity index (χ1v) is 9.95. The van der Waals surface area contributed by atoms with Crippen LogP contribution in [0, 0.1) is 5.82 Å². The molecule has 26 heavy (non-hydrogen) atoms. The lowest BCUT2D eigenvalue weighted by atomic mass is 10.2. The molecule has 4 nitrogen and oxygen atoms in total. The van der Waals surface area contributed by atoms with Crippen LogP contribution in [0.4, 0.5) is 10.1 Å². The molecule has 0 saturated carbocycles. The number of anilines is 1. The van der Waals surface area contributed by atoms with Crippen molar-refractivity contribution in [1.29, 1.82) is 0 Å². The molecule has 8 heteroatoms. The number of carbonyl (C=O) groups is 1. The Hall–Kier alpha value is -2.03. The van der Waals surface area contributed by atoms with Crippen molar-refractivity contribution in [2.24, 2.45) is 0 Å². The van der Waals surface area contributed by atoms with Gasteiger partial charge >= 0.3 is 5.97 Å². The summed E-state index contributed by atoms with van der Waals surface area (Å²) in [5.74, 6) is -1.16. The van der Waals surface area contributed by atoms with Gasteiger partial charge in [-0.25, -0.2) is 9.37 Å². The largest absolute Gasteiger partial charge is 0.481 e. The molecule has 0 fully saturated rings. The molecule has 0 bridgehead atoms. The lowest BCUT2D eigenvalue weighted by Crippen LogP contribution is -2.40. The summed E-state index contributed by atoms with van der Waals surface area (Å²) in [4.78, 5) is 19.3. The number of carboxylic acids is 1. The molecule has 4 rings (SSSR count). The van der Waals surface area contributed by atoms with Crippen LogP contribution in [0.15, 0.2) is 47.4 Å². The highest BCUT2D eigenvalue weighted by Gasteiger charge is 2.32. The van der Waals surface area contributed by atoms with E-state index in [2.05, 4.69) is 4.98 Å². The molecule has 0 aliphatic carbocycles. The Balaban J connectivity index is 1.70. The summed E-state index contributed by atoms with van der Waals surface area (Å²) in [6.45, 7) is 0.438. The number of thioether (sulfide) groups is 1. The number of nitrogens with zero attached hydrogens (tertiary/aromatic N) is 2. The number of hydrogen-bond donors (Lipinski definition) is 1. The molecule has 1 aromatic heterocycles. The topological polar surface area (TPSA) is 53.4 Å². The Bertz CT molecular complexity index is 1020. The molecule has 1 atom stereocenters. The zero-order chi connectivity index (χ0) is 18.3. The van der Waals surface area contributed by atoms with Gasteiger partial charge in [-0.15, -0.1) is 23.1 Å². The van der Waals surface area contributed by atoms with Crippen LogP contribution in [0.5, 0.6) is 0 Å². The average molecular weight is 405 g/mol. The maximum Gasteiger partial charge on any atom is 0.304 e. The number of thiocarbonyl (C=S) groups is 1. The first-order valence-electron chi connectivity index (χ1n) is 7.85. The molecule has 1 unspecified atom stereocenters. The fourth-order valence-electron chi connectivity index (χ4n) is 2.88. The smallest absolute Gasteiger partial charge is 0.304 e. The van der Waals surface area contributed by atoms with E-state index >= 15 is 0 Å². The molecule has 132 valence electrons. The molecule has 0 saturated heterocycles. The first kappa shape index (κ1) is 17.4. The standard InChI is InChI=1S/C18H13FN2O2S3/c19-10-5-6-11-14(7-10)26-16(20-11)9-21-12-3-1-2-4-13(12)25-15(18(21)24)8-17(22)23/h1-7,15H,8-9H2,(H,22,23). The number of benzene rings is 2. The van der Waals surface area contributed by atoms with Gasteiger partial charge < -0.3 is 10.0 Å². The number of para-hydroxylation sites is 1. The van der Waals surface area contributed by atoms with Crippen LogP contribution in [-0.4, -0.2) is 26.3 Å². The van der Waals surface area contributed by atoms with Crippen molar-refractivity contribution in [1.82, 2.24) is 4.98 Å². The van der Waals surface area contributed by atoms with E-state index in [4.69, 9.17) is 12.2 Å². The Morgan fingerprint density at radius 1 is 1.31 bits per heavy atom. The number of fused-ring (bicyclic) bond motifs is 2. The van der Waals surface area contributed by atoms with E-state index in [9.17, 15) is 14.3 Å². The average Bonchev–Trinajstić information content (AvgIpc) is 2.99. The van der Waals surface area contributed by atoms with Gasteiger partial charge in [-0.3, -0.25) is 4.79 Å². The summed E-state index contributed by atoms with van der Waals surface area (Å²) in [7, 11) is 0. The highest BCUT2D eigenvalue weighted by Crippen LogP contribution is 2.41. The van der Waals surface area contributed by atoms with Crippen LogP contribution >= 0.6 is 35.3 Å². The van der Waals surface area contributed by atoms with E-state index in [1.54, 1.807) is 6.07 Å². The van der Waals surface area contributed by atoms with Crippen LogP contribution < -0.4 is 4.90 Å². The van der Waals surface area contributed by atoms with Gasteiger partial charge in [0.25, 0.3) is 0 Å². The molecule has 0 radical (unpaired) electrons. The summed E-state index contributed by atoms with van der Waals surface area (Å²) in [6.07, 6.45) is -0.0284. The van der Waals surface area contributed by atoms with Crippen molar-refractivity contribution in [2.75, 3.05) is 4.90 Å². The highest BCUT2D eigenvalue weighted by atomic mass is 32.2. The number of rotatable bonds is 4. The minimum Gasteiger partial charge on any atom is -0.481 e. The number of thiazole rings is 1. The monoisotopic (exact) mass is 404 g/mol. The minimum atomic E-state index is -0.875. The van der Waals surface area contributed by atoms with Crippen molar-refractivity contribution in [2.45, 2.75) is 23.1 Å². The summed E-state index contributed by atoms with van der Waals surface area (Å²) in [5.41, 5.74) is 1.70. The Kier molecular flexibility index (Phi) is 4.64. The van der Waals surface area contributed by atoms with Crippen molar-refractivity contribution >= 4 is 62.2 Å². The van der Waals surface area contributed by atoms with E-state index in [0.29, 0.717) is 11.5 Å². The van der Waals surface area contributed by atoms with E-state index in [0.717, 1.165) is 25.8 Å². The predicted octanol–water partition coefficient (Wildman–Crippen LogP) is 4.72. The van der Waals surface area contributed by atoms with E-state index < -0.39 is 5.97 Å². The van der Waals surface area contributed by atoms with Gasteiger partial charge in [0.2, 0.25) is 0 Å². The maximum atomic E-state index is 13.4. The molecule has 1 aliphatic rings. The zero-order valence-electron chi connectivity index (χ0n) is 13.4. The number of aliphatic carboxylic acids is 1. The van der Waals surface area contributed by atoms with Crippen molar-refractivity contribution in [3.63, 3.8) is 0 Å². The fourth-order valence-corrected chi connectivity index (χ4v) is 5.46. The van der Waals surface area contributed by atoms with Crippen molar-refractivity contribution in [3.05, 3.63) is 53.3 Å². The maximum absolute atomic E-state index is 13.4. The lowest BCUT2D eigenvalue weighted by Gasteiger charge is -2.35. The molecular weight excluding hydrogens is 391 g/mol. The molecule has 2 heterocycles. The summed E-state index contributed by atoms with van der Waals surface area (Å²) < 4.78 is 14.2. The third-order valence-electron chi connectivity index (χ3n) is 4.01. The second-order valence-electron chi connectivity index (χ2n) is 5.82. The lowest BCUT2D eigenvalue weighted by molar-refractivity contribution is -0.136. The van der Waals surface area contributed by atoms with Gasteiger partial charge in [0.15, 0.2) is 0 Å². The normalized spacial score (nSPS) is 16.7. The number of hydrogen-bond acceptors (Lipinski definition) is 5. The summed E-state index contributed by atoms with van der Waals surface area (Å²) in [5, 5.41) is 9.70. The van der Waals surface area contributed by atoms with Crippen LogP contribution in [-0.2, 0) is 11.3 Å². The molecule has 1 aliphatic heterocycles. The van der Waals surface area contributed by atoms with E-state index in [1.807, 2.05) is 29.2 Å². The third kappa shape index (κ3) is 3.32. The first-order chi connectivity index (χ1) is 12.5. The zero-order valence-corrected chi connectivity index (χ0v) is 15.8. The van der Waals surface area contributed by atoms with Crippen LogP contribution in [0.3, 0.4) is 0 Å². The van der Waals surface area contributed by atoms with Crippen LogP contribution in [0.1, 0.15) is 11.4 Å². The van der Waals surface area contributed by atoms with Crippen molar-refractivity contribution in [3.8, 4) is 0 Å². The van der Waals surface area contributed by atoms with Gasteiger partial charge in [0.1, 0.15) is 10.8 Å². The van der Waals surface area contributed by atoms with Crippen molar-refractivity contribution < 1.29 is 14.3 Å². The summed E-state index contributed by atoms with van der Waals surface area (Å²) in [6, 6.07) is 12.3. The van der Waals surface area contributed by atoms with Gasteiger partial charge in [0.05, 0.1) is 39.1 Å². The molecule has 0 spiro atoms. The number of carboxylic acid groups (broad SMARTS) is 1. The summed E-state index contributed by atoms with van der Waals surface area (Å²) >= 11 is 8.51. The third-order valence-corrected chi connectivity index (χ3v) is 6.95. The number of aromatic nitrogens is 1.